The van der Waals surface area contributed by atoms with Gasteiger partial charge in [-0.25, -0.2) is 9.18 Å². The van der Waals surface area contributed by atoms with Crippen LogP contribution >= 0.6 is 0 Å². The Balaban J connectivity index is 1.51. The Kier molecular flexibility index (Phi) is 4.73. The molecule has 0 saturated heterocycles. The molecule has 0 saturated carbocycles. The van der Waals surface area contributed by atoms with Crippen LogP contribution in [0.25, 0.3) is 0 Å². The van der Waals surface area contributed by atoms with Gasteiger partial charge in [0.1, 0.15) is 11.6 Å². The molecule has 2 aromatic carbocycles. The van der Waals surface area contributed by atoms with Crippen molar-refractivity contribution in [2.24, 2.45) is 0 Å². The lowest BCUT2D eigenvalue weighted by Gasteiger charge is -2.25. The number of amides is 3. The number of carbonyl (C=O) groups is 2. The van der Waals surface area contributed by atoms with Crippen LogP contribution in [0, 0.1) is 5.82 Å². The van der Waals surface area contributed by atoms with Crippen molar-refractivity contribution in [1.82, 2.24) is 15.5 Å². The van der Waals surface area contributed by atoms with Gasteiger partial charge in [0.2, 0.25) is 0 Å². The highest BCUT2D eigenvalue weighted by atomic mass is 19.1. The zero-order chi connectivity index (χ0) is 19.7. The minimum atomic E-state index is -0.655. The summed E-state index contributed by atoms with van der Waals surface area (Å²) in [6.45, 7) is 0.855. The lowest BCUT2D eigenvalue weighted by molar-refractivity contribution is -0.125. The third kappa shape index (κ3) is 3.43. The first kappa shape index (κ1) is 18.0. The fourth-order valence-electron chi connectivity index (χ4n) is 3.60. The van der Waals surface area contributed by atoms with Crippen molar-refractivity contribution >= 4 is 11.9 Å². The highest BCUT2D eigenvalue weighted by molar-refractivity contribution is 6.01. The Morgan fingerprint density at radius 3 is 2.68 bits per heavy atom. The van der Waals surface area contributed by atoms with Crippen LogP contribution in [-0.2, 0) is 11.2 Å². The third-order valence-electron chi connectivity index (χ3n) is 5.03. The maximum Gasteiger partial charge on any atom is 0.319 e. The quantitative estimate of drug-likeness (QED) is 0.836. The van der Waals surface area contributed by atoms with Crippen LogP contribution < -0.4 is 15.4 Å². The molecule has 2 aromatic rings. The number of rotatable bonds is 5. The van der Waals surface area contributed by atoms with Gasteiger partial charge < -0.3 is 20.3 Å². The van der Waals surface area contributed by atoms with Crippen molar-refractivity contribution in [3.8, 4) is 5.75 Å². The third-order valence-corrected chi connectivity index (χ3v) is 5.03. The molecule has 2 N–H and O–H groups in total. The molecule has 2 aliphatic rings. The van der Waals surface area contributed by atoms with Crippen LogP contribution in [0.3, 0.4) is 0 Å². The van der Waals surface area contributed by atoms with Crippen molar-refractivity contribution in [2.75, 3.05) is 20.2 Å². The Bertz CT molecular complexity index is 956. The zero-order valence-electron chi connectivity index (χ0n) is 15.4. The zero-order valence-corrected chi connectivity index (χ0v) is 15.4. The van der Waals surface area contributed by atoms with Crippen LogP contribution in [0.15, 0.2) is 59.8 Å². The van der Waals surface area contributed by atoms with E-state index in [-0.39, 0.29) is 5.91 Å². The summed E-state index contributed by atoms with van der Waals surface area (Å²) in [5.41, 5.74) is 2.69. The maximum absolute atomic E-state index is 13.7. The number of methoxy groups -OCH3 is 1. The van der Waals surface area contributed by atoms with Crippen molar-refractivity contribution in [2.45, 2.75) is 12.5 Å². The summed E-state index contributed by atoms with van der Waals surface area (Å²) < 4.78 is 18.8. The Morgan fingerprint density at radius 2 is 1.96 bits per heavy atom. The smallest absolute Gasteiger partial charge is 0.319 e. The predicted molar refractivity (Wildman–Crippen MR) is 101 cm³/mol. The Morgan fingerprint density at radius 1 is 1.18 bits per heavy atom. The fourth-order valence-corrected chi connectivity index (χ4v) is 3.60. The summed E-state index contributed by atoms with van der Waals surface area (Å²) in [4.78, 5) is 26.7. The van der Waals surface area contributed by atoms with Gasteiger partial charge in [-0.05, 0) is 41.8 Å². The molecule has 0 aliphatic carbocycles. The number of hydrogen-bond acceptors (Lipinski definition) is 3. The summed E-state index contributed by atoms with van der Waals surface area (Å²) in [6.07, 6.45) is 0.683. The van der Waals surface area contributed by atoms with E-state index in [1.54, 1.807) is 24.1 Å². The number of ether oxygens (including phenoxy) is 1. The summed E-state index contributed by atoms with van der Waals surface area (Å²) >= 11 is 0. The molecule has 0 aromatic heterocycles. The molecule has 144 valence electrons. The topological polar surface area (TPSA) is 70.7 Å². The Labute approximate surface area is 162 Å². The number of carbonyl (C=O) groups excluding carboxylic acids is 2. The highest BCUT2D eigenvalue weighted by Crippen LogP contribution is 2.32. The first-order valence-corrected chi connectivity index (χ1v) is 9.03. The van der Waals surface area contributed by atoms with Crippen LogP contribution in [0.1, 0.15) is 17.2 Å². The normalized spacial score (nSPS) is 18.6. The average Bonchev–Trinajstić information content (AvgIpc) is 3.01. The van der Waals surface area contributed by atoms with E-state index in [1.807, 2.05) is 24.3 Å². The minimum Gasteiger partial charge on any atom is -0.497 e. The molecule has 0 radical (unpaired) electrons. The van der Waals surface area contributed by atoms with Crippen LogP contribution in [0.5, 0.6) is 5.75 Å². The first-order chi connectivity index (χ1) is 13.5. The Hall–Kier alpha value is -3.35. The molecule has 0 fully saturated rings. The largest absolute Gasteiger partial charge is 0.497 e. The molecule has 1 atom stereocenters. The van der Waals surface area contributed by atoms with Gasteiger partial charge in [0.05, 0.1) is 31.0 Å². The lowest BCUT2D eigenvalue weighted by Crippen LogP contribution is -2.44. The predicted octanol–water partition coefficient (Wildman–Crippen LogP) is 2.53. The van der Waals surface area contributed by atoms with E-state index in [0.717, 1.165) is 11.3 Å². The van der Waals surface area contributed by atoms with Gasteiger partial charge in [0.25, 0.3) is 5.91 Å². The second-order valence-corrected chi connectivity index (χ2v) is 6.80. The van der Waals surface area contributed by atoms with E-state index >= 15 is 0 Å². The van der Waals surface area contributed by atoms with Gasteiger partial charge in [-0.1, -0.05) is 24.3 Å². The highest BCUT2D eigenvalue weighted by Gasteiger charge is 2.40. The molecule has 0 spiro atoms. The molecular weight excluding hydrogens is 361 g/mol. The van der Waals surface area contributed by atoms with Gasteiger partial charge in [0.15, 0.2) is 0 Å². The molecule has 7 heteroatoms. The molecular formula is C21H20FN3O3. The number of nitrogens with zero attached hydrogens (tertiary/aromatic N) is 1. The molecule has 28 heavy (non-hydrogen) atoms. The monoisotopic (exact) mass is 381 g/mol. The molecule has 0 unspecified atom stereocenters. The van der Waals surface area contributed by atoms with E-state index in [4.69, 9.17) is 4.74 Å². The SMILES string of the molecule is COc1ccc(CCN2CC3=C(C2=O)[C@@H](c2cccc(F)c2)NC(=O)N3)cc1. The summed E-state index contributed by atoms with van der Waals surface area (Å²) in [5, 5.41) is 5.46. The average molecular weight is 381 g/mol. The number of urea groups is 1. The van der Waals surface area contributed by atoms with E-state index in [2.05, 4.69) is 10.6 Å². The lowest BCUT2D eigenvalue weighted by atomic mass is 9.96. The van der Waals surface area contributed by atoms with E-state index < -0.39 is 17.9 Å². The summed E-state index contributed by atoms with van der Waals surface area (Å²) in [7, 11) is 1.62. The molecule has 4 rings (SSSR count). The van der Waals surface area contributed by atoms with Crippen molar-refractivity contribution in [1.29, 1.82) is 0 Å². The maximum atomic E-state index is 13.7. The second-order valence-electron chi connectivity index (χ2n) is 6.80. The van der Waals surface area contributed by atoms with E-state index in [9.17, 15) is 14.0 Å². The summed E-state index contributed by atoms with van der Waals surface area (Å²) in [6, 6.07) is 12.6. The van der Waals surface area contributed by atoms with Gasteiger partial charge in [-0.2, -0.15) is 0 Å². The van der Waals surface area contributed by atoms with E-state index in [1.165, 1.54) is 12.1 Å². The molecule has 6 nitrogen and oxygen atoms in total. The standard InChI is InChI=1S/C21H20FN3O3/c1-28-16-7-5-13(6-8-16)9-10-25-12-17-18(20(25)26)19(24-21(27)23-17)14-3-2-4-15(22)11-14/h2-8,11,19H,9-10,12H2,1H3,(H2,23,24,27)/t19-/m1/s1. The number of nitrogens with one attached hydrogen (secondary N) is 2. The van der Waals surface area contributed by atoms with Crippen molar-refractivity contribution < 1.29 is 18.7 Å². The minimum absolute atomic E-state index is 0.148. The van der Waals surface area contributed by atoms with Gasteiger partial charge in [-0.15, -0.1) is 0 Å². The van der Waals surface area contributed by atoms with Crippen LogP contribution in [0.4, 0.5) is 9.18 Å². The number of hydrogen-bond donors (Lipinski definition) is 2. The van der Waals surface area contributed by atoms with Crippen LogP contribution in [0.2, 0.25) is 0 Å². The first-order valence-electron chi connectivity index (χ1n) is 9.03. The fraction of sp³-hybridized carbons (Fsp3) is 0.238. The van der Waals surface area contributed by atoms with Gasteiger partial charge >= 0.3 is 6.03 Å². The summed E-state index contributed by atoms with van der Waals surface area (Å²) in [5.74, 6) is 0.226. The molecule has 2 heterocycles. The van der Waals surface area contributed by atoms with Crippen LogP contribution in [-0.4, -0.2) is 37.0 Å². The van der Waals surface area contributed by atoms with Crippen molar-refractivity contribution in [3.63, 3.8) is 0 Å². The van der Waals surface area contributed by atoms with Gasteiger partial charge in [0, 0.05) is 6.54 Å². The molecule has 2 aliphatic heterocycles. The van der Waals surface area contributed by atoms with E-state index in [0.29, 0.717) is 36.3 Å². The van der Waals surface area contributed by atoms with Gasteiger partial charge in [-0.3, -0.25) is 4.79 Å². The molecule has 0 bridgehead atoms. The van der Waals surface area contributed by atoms with Crippen molar-refractivity contribution in [3.05, 3.63) is 76.7 Å². The second kappa shape index (κ2) is 7.34. The number of benzene rings is 2. The number of halogens is 1. The molecule has 3 amide bonds.